The minimum absolute atomic E-state index is 0.106. The molecule has 3 nitrogen and oxygen atoms in total. The molecule has 0 N–H and O–H groups in total. The first kappa shape index (κ1) is 10.4. The normalized spacial score (nSPS) is 19.8. The van der Waals surface area contributed by atoms with Crippen molar-refractivity contribution in [2.45, 2.75) is 19.3 Å². The largest absolute Gasteiger partial charge is 0.272 e. The number of carbonyl (C=O) groups is 1. The second-order valence-electron chi connectivity index (χ2n) is 4.34. The second-order valence-corrected chi connectivity index (χ2v) is 4.34. The van der Waals surface area contributed by atoms with Crippen molar-refractivity contribution in [1.82, 2.24) is 0 Å². The van der Waals surface area contributed by atoms with Crippen LogP contribution in [0.4, 0.5) is 14.5 Å². The highest BCUT2D eigenvalue weighted by atomic mass is 19.1. The summed E-state index contributed by atoms with van der Waals surface area (Å²) in [6.07, 6.45) is 2.29. The summed E-state index contributed by atoms with van der Waals surface area (Å²) in [5, 5.41) is 5.08. The average Bonchev–Trinajstić information content (AvgIpc) is 3.07. The Kier molecular flexibility index (Phi) is 2.21. The van der Waals surface area contributed by atoms with Crippen molar-refractivity contribution in [3.8, 4) is 0 Å². The van der Waals surface area contributed by atoms with Gasteiger partial charge in [0.15, 0.2) is 0 Å². The van der Waals surface area contributed by atoms with Crippen molar-refractivity contribution in [1.29, 1.82) is 0 Å². The molecule has 5 heteroatoms. The lowest BCUT2D eigenvalue weighted by molar-refractivity contribution is -0.116. The maximum atomic E-state index is 13.5. The van der Waals surface area contributed by atoms with E-state index in [2.05, 4.69) is 5.10 Å². The fraction of sp³-hybridized carbons (Fsp3) is 0.333. The van der Waals surface area contributed by atoms with E-state index in [-0.39, 0.29) is 18.0 Å². The first-order valence-electron chi connectivity index (χ1n) is 5.50. The molecule has 0 radical (unpaired) electrons. The average molecular weight is 236 g/mol. The number of hydrogen-bond acceptors (Lipinski definition) is 2. The van der Waals surface area contributed by atoms with Crippen LogP contribution in [0.3, 0.4) is 0 Å². The SMILES string of the molecule is O=C1CC(C2CC2)=NN1c1cc(F)ccc1F. The Bertz CT molecular complexity index is 523. The Morgan fingerprint density at radius 1 is 1.29 bits per heavy atom. The Morgan fingerprint density at radius 3 is 2.76 bits per heavy atom. The Morgan fingerprint density at radius 2 is 2.06 bits per heavy atom. The van der Waals surface area contributed by atoms with Crippen LogP contribution in [0.25, 0.3) is 0 Å². The van der Waals surface area contributed by atoms with Crippen LogP contribution < -0.4 is 5.01 Å². The molecule has 1 fully saturated rings. The summed E-state index contributed by atoms with van der Waals surface area (Å²) in [7, 11) is 0. The van der Waals surface area contributed by atoms with Gasteiger partial charge in [-0.15, -0.1) is 0 Å². The van der Waals surface area contributed by atoms with Gasteiger partial charge >= 0.3 is 0 Å². The molecule has 3 rings (SSSR count). The quantitative estimate of drug-likeness (QED) is 0.776. The van der Waals surface area contributed by atoms with Gasteiger partial charge in [-0.05, 0) is 30.9 Å². The Hall–Kier alpha value is -1.78. The van der Waals surface area contributed by atoms with Crippen LogP contribution in [0.15, 0.2) is 23.3 Å². The molecule has 0 bridgehead atoms. The minimum Gasteiger partial charge on any atom is -0.272 e. The smallest absolute Gasteiger partial charge is 0.253 e. The summed E-state index contributed by atoms with van der Waals surface area (Å²) in [4.78, 5) is 11.7. The summed E-state index contributed by atoms with van der Waals surface area (Å²) in [6.45, 7) is 0. The molecule has 0 unspecified atom stereocenters. The molecular formula is C12H10F2N2O. The fourth-order valence-electron chi connectivity index (χ4n) is 1.93. The van der Waals surface area contributed by atoms with Crippen molar-refractivity contribution in [2.24, 2.45) is 11.0 Å². The Balaban J connectivity index is 1.97. The lowest BCUT2D eigenvalue weighted by atomic mass is 10.2. The van der Waals surface area contributed by atoms with Gasteiger partial charge in [-0.3, -0.25) is 4.79 Å². The molecule has 1 aliphatic carbocycles. The summed E-state index contributed by atoms with van der Waals surface area (Å²) >= 11 is 0. The highest BCUT2D eigenvalue weighted by Gasteiger charge is 2.36. The fourth-order valence-corrected chi connectivity index (χ4v) is 1.93. The molecule has 0 atom stereocenters. The number of nitrogens with zero attached hydrogens (tertiary/aromatic N) is 2. The van der Waals surface area contributed by atoms with Gasteiger partial charge in [0, 0.05) is 6.07 Å². The standard InChI is InChI=1S/C12H10F2N2O/c13-8-3-4-9(14)11(5-8)16-12(17)6-10(15-16)7-1-2-7/h3-5,7H,1-2,6H2. The van der Waals surface area contributed by atoms with Gasteiger partial charge in [-0.2, -0.15) is 10.1 Å². The molecule has 0 saturated heterocycles. The zero-order valence-electron chi connectivity index (χ0n) is 8.99. The maximum Gasteiger partial charge on any atom is 0.253 e. The number of benzene rings is 1. The molecule has 1 aliphatic heterocycles. The molecule has 1 amide bonds. The van der Waals surface area contributed by atoms with Crippen molar-refractivity contribution in [3.05, 3.63) is 29.8 Å². The number of rotatable bonds is 2. The van der Waals surface area contributed by atoms with E-state index in [9.17, 15) is 13.6 Å². The van der Waals surface area contributed by atoms with E-state index >= 15 is 0 Å². The van der Waals surface area contributed by atoms with Gasteiger partial charge < -0.3 is 0 Å². The highest BCUT2D eigenvalue weighted by Crippen LogP contribution is 2.36. The number of amides is 1. The van der Waals surface area contributed by atoms with E-state index in [1.165, 1.54) is 0 Å². The van der Waals surface area contributed by atoms with Crippen LogP contribution in [-0.2, 0) is 4.79 Å². The third-order valence-electron chi connectivity index (χ3n) is 2.98. The maximum absolute atomic E-state index is 13.5. The van der Waals surface area contributed by atoms with E-state index < -0.39 is 11.6 Å². The molecule has 17 heavy (non-hydrogen) atoms. The summed E-state index contributed by atoms with van der Waals surface area (Å²) in [5.41, 5.74) is 0.685. The minimum atomic E-state index is -0.638. The predicted octanol–water partition coefficient (Wildman–Crippen LogP) is 2.47. The van der Waals surface area contributed by atoms with Crippen LogP contribution in [0, 0.1) is 17.6 Å². The molecular weight excluding hydrogens is 226 g/mol. The monoisotopic (exact) mass is 236 g/mol. The number of carbonyl (C=O) groups excluding carboxylic acids is 1. The first-order valence-corrected chi connectivity index (χ1v) is 5.50. The zero-order chi connectivity index (χ0) is 12.0. The summed E-state index contributed by atoms with van der Waals surface area (Å²) < 4.78 is 26.6. The number of hydrazone groups is 1. The topological polar surface area (TPSA) is 32.7 Å². The molecule has 0 spiro atoms. The molecule has 1 saturated carbocycles. The molecule has 1 aromatic carbocycles. The van der Waals surface area contributed by atoms with E-state index in [0.29, 0.717) is 5.92 Å². The molecule has 2 aliphatic rings. The van der Waals surface area contributed by atoms with Crippen LogP contribution in [0.2, 0.25) is 0 Å². The van der Waals surface area contributed by atoms with Gasteiger partial charge in [0.2, 0.25) is 0 Å². The van der Waals surface area contributed by atoms with Gasteiger partial charge in [0.1, 0.15) is 17.3 Å². The lowest BCUT2D eigenvalue weighted by Gasteiger charge is -2.12. The van der Waals surface area contributed by atoms with Gasteiger partial charge in [-0.25, -0.2) is 8.78 Å². The van der Waals surface area contributed by atoms with E-state index in [1.807, 2.05) is 0 Å². The highest BCUT2D eigenvalue weighted by molar-refractivity contribution is 6.14. The van der Waals surface area contributed by atoms with Gasteiger partial charge in [-0.1, -0.05) is 0 Å². The number of halogens is 2. The summed E-state index contributed by atoms with van der Waals surface area (Å²) in [6, 6.07) is 3.01. The number of hydrogen-bond donors (Lipinski definition) is 0. The van der Waals surface area contributed by atoms with E-state index in [1.54, 1.807) is 0 Å². The first-order chi connectivity index (χ1) is 8.15. The summed E-state index contributed by atoms with van der Waals surface area (Å²) in [5.74, 6) is -1.15. The Labute approximate surface area is 96.7 Å². The van der Waals surface area contributed by atoms with E-state index in [0.717, 1.165) is 41.8 Å². The van der Waals surface area contributed by atoms with Gasteiger partial charge in [0.05, 0.1) is 12.1 Å². The molecule has 1 aromatic rings. The van der Waals surface area contributed by atoms with Crippen molar-refractivity contribution >= 4 is 17.3 Å². The molecule has 1 heterocycles. The van der Waals surface area contributed by atoms with Crippen molar-refractivity contribution < 1.29 is 13.6 Å². The van der Waals surface area contributed by atoms with Crippen LogP contribution in [0.5, 0.6) is 0 Å². The predicted molar refractivity (Wildman–Crippen MR) is 58.6 cm³/mol. The van der Waals surface area contributed by atoms with Crippen LogP contribution in [0.1, 0.15) is 19.3 Å². The van der Waals surface area contributed by atoms with Gasteiger partial charge in [0.25, 0.3) is 5.91 Å². The molecule has 88 valence electrons. The lowest BCUT2D eigenvalue weighted by Crippen LogP contribution is -2.20. The number of anilines is 1. The third kappa shape index (κ3) is 1.81. The molecule has 0 aromatic heterocycles. The van der Waals surface area contributed by atoms with Crippen LogP contribution in [-0.4, -0.2) is 11.6 Å². The van der Waals surface area contributed by atoms with Crippen molar-refractivity contribution in [3.63, 3.8) is 0 Å². The van der Waals surface area contributed by atoms with E-state index in [4.69, 9.17) is 0 Å². The zero-order valence-corrected chi connectivity index (χ0v) is 8.99. The van der Waals surface area contributed by atoms with Crippen molar-refractivity contribution in [2.75, 3.05) is 5.01 Å². The second kappa shape index (κ2) is 3.61. The third-order valence-corrected chi connectivity index (χ3v) is 2.98. The van der Waals surface area contributed by atoms with Crippen LogP contribution >= 0.6 is 0 Å².